The first-order chi connectivity index (χ1) is 8.79. The number of hydrogen-bond acceptors (Lipinski definition) is 2. The van der Waals surface area contributed by atoms with Gasteiger partial charge in [-0.05, 0) is 24.3 Å². The van der Waals surface area contributed by atoms with Crippen LogP contribution in [-0.2, 0) is 0 Å². The Hall–Kier alpha value is -1.96. The number of phenols is 2. The average Bonchev–Trinajstić information content (AvgIpc) is 2.29. The Labute approximate surface area is 109 Å². The van der Waals surface area contributed by atoms with Gasteiger partial charge in [-0.3, -0.25) is 0 Å². The van der Waals surface area contributed by atoms with Crippen LogP contribution in [0.2, 0.25) is 0 Å². The van der Waals surface area contributed by atoms with E-state index in [0.29, 0.717) is 11.5 Å². The van der Waals surface area contributed by atoms with Crippen molar-refractivity contribution >= 4 is 0 Å². The van der Waals surface area contributed by atoms with Crippen LogP contribution in [0.25, 0.3) is 0 Å². The zero-order valence-electron chi connectivity index (χ0n) is 10.5. The van der Waals surface area contributed by atoms with Gasteiger partial charge >= 0.3 is 0 Å². The van der Waals surface area contributed by atoms with E-state index in [2.05, 4.69) is 0 Å². The Kier molecular flexibility index (Phi) is 7.14. The first-order valence-electron chi connectivity index (χ1n) is 6.27. The van der Waals surface area contributed by atoms with Crippen LogP contribution in [0.1, 0.15) is 25.7 Å². The summed E-state index contributed by atoms with van der Waals surface area (Å²) in [7, 11) is 0. The fourth-order valence-electron chi connectivity index (χ4n) is 1.11. The van der Waals surface area contributed by atoms with Crippen molar-refractivity contribution in [2.75, 3.05) is 0 Å². The molecule has 0 aromatic heterocycles. The second-order valence-corrected chi connectivity index (χ2v) is 4.09. The largest absolute Gasteiger partial charge is 0.508 e. The van der Waals surface area contributed by atoms with Gasteiger partial charge in [0.25, 0.3) is 0 Å². The predicted molar refractivity (Wildman–Crippen MR) is 74.7 cm³/mol. The molecule has 2 N–H and O–H groups in total. The lowest BCUT2D eigenvalue weighted by Crippen LogP contribution is -1.85. The van der Waals surface area contributed by atoms with Gasteiger partial charge in [-0.25, -0.2) is 0 Å². The maximum Gasteiger partial charge on any atom is 0.115 e. The van der Waals surface area contributed by atoms with E-state index >= 15 is 0 Å². The number of para-hydroxylation sites is 2. The summed E-state index contributed by atoms with van der Waals surface area (Å²) >= 11 is 0. The number of hydrogen-bond donors (Lipinski definition) is 2. The summed E-state index contributed by atoms with van der Waals surface area (Å²) in [5.41, 5.74) is 0. The topological polar surface area (TPSA) is 40.5 Å². The molecule has 1 fully saturated rings. The molecule has 2 aromatic carbocycles. The first-order valence-corrected chi connectivity index (χ1v) is 6.27. The molecule has 0 radical (unpaired) electrons. The van der Waals surface area contributed by atoms with Crippen LogP contribution in [0.3, 0.4) is 0 Å². The van der Waals surface area contributed by atoms with Crippen molar-refractivity contribution < 1.29 is 10.2 Å². The second kappa shape index (κ2) is 9.11. The summed E-state index contributed by atoms with van der Waals surface area (Å²) < 4.78 is 0. The van der Waals surface area contributed by atoms with E-state index in [1.165, 1.54) is 25.7 Å². The fourth-order valence-corrected chi connectivity index (χ4v) is 1.11. The minimum atomic E-state index is 0.322. The van der Waals surface area contributed by atoms with Gasteiger partial charge in [0.15, 0.2) is 0 Å². The molecule has 0 unspecified atom stereocenters. The van der Waals surface area contributed by atoms with E-state index in [0.717, 1.165) is 0 Å². The van der Waals surface area contributed by atoms with Crippen molar-refractivity contribution in [2.24, 2.45) is 0 Å². The molecule has 0 spiro atoms. The van der Waals surface area contributed by atoms with Gasteiger partial charge in [0.2, 0.25) is 0 Å². The predicted octanol–water partition coefficient (Wildman–Crippen LogP) is 4.34. The van der Waals surface area contributed by atoms with Crippen molar-refractivity contribution in [1.82, 2.24) is 0 Å². The van der Waals surface area contributed by atoms with Gasteiger partial charge in [-0.1, -0.05) is 62.1 Å². The zero-order chi connectivity index (χ0) is 13.1. The van der Waals surface area contributed by atoms with Crippen LogP contribution in [0, 0.1) is 0 Å². The van der Waals surface area contributed by atoms with Gasteiger partial charge in [-0.15, -0.1) is 0 Å². The minimum absolute atomic E-state index is 0.322. The Morgan fingerprint density at radius 1 is 0.500 bits per heavy atom. The molecule has 1 saturated carbocycles. The smallest absolute Gasteiger partial charge is 0.115 e. The van der Waals surface area contributed by atoms with Crippen LogP contribution < -0.4 is 0 Å². The minimum Gasteiger partial charge on any atom is -0.508 e. The third kappa shape index (κ3) is 7.34. The highest BCUT2D eigenvalue weighted by Crippen LogP contribution is 2.15. The van der Waals surface area contributed by atoms with E-state index in [-0.39, 0.29) is 0 Å². The number of aromatic hydroxyl groups is 2. The monoisotopic (exact) mass is 244 g/mol. The van der Waals surface area contributed by atoms with Crippen LogP contribution in [0.5, 0.6) is 11.5 Å². The molecule has 1 aliphatic carbocycles. The first kappa shape index (κ1) is 14.1. The quantitative estimate of drug-likeness (QED) is 0.723. The highest BCUT2D eigenvalue weighted by Gasteiger charge is 1.95. The fraction of sp³-hybridized carbons (Fsp3) is 0.250. The van der Waals surface area contributed by atoms with Crippen molar-refractivity contribution in [3.8, 4) is 11.5 Å². The van der Waals surface area contributed by atoms with Gasteiger partial charge < -0.3 is 10.2 Å². The maximum atomic E-state index is 8.63. The maximum absolute atomic E-state index is 8.63. The normalized spacial score (nSPS) is 12.0. The molecule has 18 heavy (non-hydrogen) atoms. The molecule has 2 heteroatoms. The SMILES string of the molecule is C1CCC1.Oc1ccccc1.Oc1ccccc1. The second-order valence-electron chi connectivity index (χ2n) is 4.09. The van der Waals surface area contributed by atoms with Gasteiger partial charge in [0, 0.05) is 0 Å². The van der Waals surface area contributed by atoms with Gasteiger partial charge in [0.1, 0.15) is 11.5 Å². The van der Waals surface area contributed by atoms with Crippen molar-refractivity contribution in [3.05, 3.63) is 60.7 Å². The third-order valence-electron chi connectivity index (χ3n) is 2.51. The molecule has 0 atom stereocenters. The van der Waals surface area contributed by atoms with E-state index in [1.807, 2.05) is 12.1 Å². The molecule has 3 rings (SSSR count). The van der Waals surface area contributed by atoms with Crippen molar-refractivity contribution in [3.63, 3.8) is 0 Å². The molecule has 2 aromatic rings. The zero-order valence-corrected chi connectivity index (χ0v) is 10.5. The molecule has 0 aliphatic heterocycles. The lowest BCUT2D eigenvalue weighted by atomic mass is 10.0. The third-order valence-corrected chi connectivity index (χ3v) is 2.51. The number of benzene rings is 2. The Morgan fingerprint density at radius 3 is 0.889 bits per heavy atom. The molecular weight excluding hydrogens is 224 g/mol. The van der Waals surface area contributed by atoms with Crippen LogP contribution in [0.4, 0.5) is 0 Å². The highest BCUT2D eigenvalue weighted by molar-refractivity contribution is 5.19. The molecule has 0 saturated heterocycles. The van der Waals surface area contributed by atoms with Crippen LogP contribution in [0.15, 0.2) is 60.7 Å². The lowest BCUT2D eigenvalue weighted by molar-refractivity contribution is 0.475. The average molecular weight is 244 g/mol. The van der Waals surface area contributed by atoms with E-state index in [9.17, 15) is 0 Å². The molecule has 0 amide bonds. The van der Waals surface area contributed by atoms with E-state index in [4.69, 9.17) is 10.2 Å². The molecule has 1 aliphatic rings. The molecule has 0 bridgehead atoms. The Bertz CT molecular complexity index is 352. The Morgan fingerprint density at radius 2 is 0.778 bits per heavy atom. The molecule has 2 nitrogen and oxygen atoms in total. The molecular formula is C16H20O2. The van der Waals surface area contributed by atoms with E-state index < -0.39 is 0 Å². The number of rotatable bonds is 0. The highest BCUT2D eigenvalue weighted by atomic mass is 16.3. The molecule has 0 heterocycles. The Balaban J connectivity index is 0.000000140. The van der Waals surface area contributed by atoms with E-state index in [1.54, 1.807) is 48.5 Å². The number of phenolic OH excluding ortho intramolecular Hbond substituents is 2. The van der Waals surface area contributed by atoms with Gasteiger partial charge in [0.05, 0.1) is 0 Å². The standard InChI is InChI=1S/2C6H6O.C4H8/c2*7-6-4-2-1-3-5-6;1-2-4-3-1/h2*1-5,7H;1-4H2. The van der Waals surface area contributed by atoms with Crippen LogP contribution >= 0.6 is 0 Å². The summed E-state index contributed by atoms with van der Waals surface area (Å²) in [4.78, 5) is 0. The summed E-state index contributed by atoms with van der Waals surface area (Å²) in [5.74, 6) is 0.644. The lowest BCUT2D eigenvalue weighted by Gasteiger charge is -2.05. The summed E-state index contributed by atoms with van der Waals surface area (Å²) in [6.45, 7) is 0. The van der Waals surface area contributed by atoms with Crippen LogP contribution in [-0.4, -0.2) is 10.2 Å². The summed E-state index contributed by atoms with van der Waals surface area (Å²) in [6.07, 6.45) is 6.00. The van der Waals surface area contributed by atoms with Crippen molar-refractivity contribution in [2.45, 2.75) is 25.7 Å². The summed E-state index contributed by atoms with van der Waals surface area (Å²) in [6, 6.07) is 17.4. The van der Waals surface area contributed by atoms with Gasteiger partial charge in [-0.2, -0.15) is 0 Å². The van der Waals surface area contributed by atoms with Crippen molar-refractivity contribution in [1.29, 1.82) is 0 Å². The molecule has 96 valence electrons. The summed E-state index contributed by atoms with van der Waals surface area (Å²) in [5, 5.41) is 17.3.